The predicted octanol–water partition coefficient (Wildman–Crippen LogP) is 5.04. The number of amides is 2. The first-order valence-electron chi connectivity index (χ1n) is 9.94. The van der Waals surface area contributed by atoms with Gasteiger partial charge in [0.25, 0.3) is 0 Å². The molecule has 1 aromatic heterocycles. The van der Waals surface area contributed by atoms with Crippen molar-refractivity contribution in [1.82, 2.24) is 10.3 Å². The van der Waals surface area contributed by atoms with Gasteiger partial charge in [-0.2, -0.15) is 0 Å². The molecular weight excluding hydrogens is 394 g/mol. The zero-order valence-corrected chi connectivity index (χ0v) is 17.6. The lowest BCUT2D eigenvalue weighted by molar-refractivity contribution is -0.119. The van der Waals surface area contributed by atoms with Gasteiger partial charge in [0.15, 0.2) is 5.13 Å². The van der Waals surface area contributed by atoms with Crippen LogP contribution in [0.4, 0.5) is 10.8 Å². The van der Waals surface area contributed by atoms with Crippen LogP contribution in [0.1, 0.15) is 37.4 Å². The number of carbonyl (C=O) groups is 2. The third-order valence-electron chi connectivity index (χ3n) is 5.33. The molecule has 1 saturated carbocycles. The number of benzene rings is 2. The minimum absolute atomic E-state index is 0.112. The van der Waals surface area contributed by atoms with Gasteiger partial charge in [-0.05, 0) is 43.0 Å². The van der Waals surface area contributed by atoms with E-state index in [4.69, 9.17) is 0 Å². The van der Waals surface area contributed by atoms with Crippen molar-refractivity contribution >= 4 is 40.0 Å². The van der Waals surface area contributed by atoms with Crippen LogP contribution in [0.3, 0.4) is 0 Å². The predicted molar refractivity (Wildman–Crippen MR) is 121 cm³/mol. The van der Waals surface area contributed by atoms with Crippen molar-refractivity contribution in [3.63, 3.8) is 0 Å². The molecule has 0 bridgehead atoms. The van der Waals surface area contributed by atoms with Gasteiger partial charge in [-0.15, -0.1) is 11.3 Å². The molecule has 0 unspecified atom stereocenters. The lowest BCUT2D eigenvalue weighted by Gasteiger charge is -2.42. The number of aromatic nitrogens is 1. The fourth-order valence-electron chi connectivity index (χ4n) is 3.67. The van der Waals surface area contributed by atoms with Gasteiger partial charge in [-0.1, -0.05) is 48.5 Å². The SMILES string of the molecule is CC(=O)N(c1ccccc1)c1nc(/C=C/C(=O)NC2(c3ccccc3)CCC2)cs1. The second kappa shape index (κ2) is 8.63. The molecular formula is C24H23N3O2S. The molecule has 4 rings (SSSR count). The molecule has 2 aromatic carbocycles. The minimum Gasteiger partial charge on any atom is -0.343 e. The largest absolute Gasteiger partial charge is 0.343 e. The second-order valence-corrected chi connectivity index (χ2v) is 8.21. The number of hydrogen-bond donors (Lipinski definition) is 1. The van der Waals surface area contributed by atoms with Gasteiger partial charge in [-0.25, -0.2) is 4.98 Å². The molecule has 0 atom stereocenters. The number of nitrogens with one attached hydrogen (secondary N) is 1. The van der Waals surface area contributed by atoms with E-state index in [0.29, 0.717) is 10.8 Å². The van der Waals surface area contributed by atoms with Crippen molar-refractivity contribution in [3.8, 4) is 0 Å². The van der Waals surface area contributed by atoms with Gasteiger partial charge in [0.2, 0.25) is 11.8 Å². The Morgan fingerprint density at radius 1 is 1.07 bits per heavy atom. The fourth-order valence-corrected chi connectivity index (χ4v) is 4.53. The van der Waals surface area contributed by atoms with E-state index >= 15 is 0 Å². The third-order valence-corrected chi connectivity index (χ3v) is 6.18. The summed E-state index contributed by atoms with van der Waals surface area (Å²) in [5.74, 6) is -0.252. The summed E-state index contributed by atoms with van der Waals surface area (Å²) in [7, 11) is 0. The Morgan fingerprint density at radius 2 is 1.73 bits per heavy atom. The topological polar surface area (TPSA) is 62.3 Å². The first-order chi connectivity index (χ1) is 14.6. The van der Waals surface area contributed by atoms with E-state index in [1.807, 2.05) is 53.9 Å². The van der Waals surface area contributed by atoms with E-state index in [-0.39, 0.29) is 17.4 Å². The molecule has 0 aliphatic heterocycles. The normalized spacial score (nSPS) is 14.8. The van der Waals surface area contributed by atoms with Gasteiger partial charge < -0.3 is 5.32 Å². The molecule has 6 heteroatoms. The molecule has 1 aliphatic rings. The molecule has 0 radical (unpaired) electrons. The summed E-state index contributed by atoms with van der Waals surface area (Å²) in [5.41, 5.74) is 2.29. The van der Waals surface area contributed by atoms with Crippen LogP contribution >= 0.6 is 11.3 Å². The Labute approximate surface area is 180 Å². The van der Waals surface area contributed by atoms with E-state index in [0.717, 1.165) is 30.5 Å². The lowest BCUT2D eigenvalue weighted by Crippen LogP contribution is -2.50. The van der Waals surface area contributed by atoms with Crippen molar-refractivity contribution in [1.29, 1.82) is 0 Å². The summed E-state index contributed by atoms with van der Waals surface area (Å²) in [6.07, 6.45) is 6.21. The smallest absolute Gasteiger partial charge is 0.244 e. The van der Waals surface area contributed by atoms with Gasteiger partial charge in [0.05, 0.1) is 16.9 Å². The standard InChI is InChI=1S/C24H23N3O2S/c1-18(28)27(21-11-6-3-7-12-21)23-25-20(17-30-23)13-14-22(29)26-24(15-8-16-24)19-9-4-2-5-10-19/h2-7,9-14,17H,8,15-16H2,1H3,(H,26,29)/b14-13+. The Balaban J connectivity index is 1.47. The fraction of sp³-hybridized carbons (Fsp3) is 0.208. The number of anilines is 2. The van der Waals surface area contributed by atoms with E-state index < -0.39 is 0 Å². The lowest BCUT2D eigenvalue weighted by atomic mass is 9.72. The summed E-state index contributed by atoms with van der Waals surface area (Å²) in [6.45, 7) is 1.51. The highest BCUT2D eigenvalue weighted by Crippen LogP contribution is 2.41. The third kappa shape index (κ3) is 4.19. The summed E-state index contributed by atoms with van der Waals surface area (Å²) < 4.78 is 0. The number of carbonyl (C=O) groups excluding carboxylic acids is 2. The van der Waals surface area contributed by atoms with Gasteiger partial charge >= 0.3 is 0 Å². The van der Waals surface area contributed by atoms with Crippen molar-refractivity contribution in [3.05, 3.63) is 83.4 Å². The quantitative estimate of drug-likeness (QED) is 0.572. The zero-order chi connectivity index (χ0) is 21.0. The van der Waals surface area contributed by atoms with E-state index in [1.165, 1.54) is 24.3 Å². The monoisotopic (exact) mass is 417 g/mol. The maximum Gasteiger partial charge on any atom is 0.244 e. The van der Waals surface area contributed by atoms with E-state index in [1.54, 1.807) is 11.0 Å². The van der Waals surface area contributed by atoms with Crippen LogP contribution in [0.15, 0.2) is 72.1 Å². The van der Waals surface area contributed by atoms with Gasteiger partial charge in [-0.3, -0.25) is 14.5 Å². The number of thiazole rings is 1. The molecule has 30 heavy (non-hydrogen) atoms. The Morgan fingerprint density at radius 3 is 2.33 bits per heavy atom. The zero-order valence-electron chi connectivity index (χ0n) is 16.7. The maximum absolute atomic E-state index is 12.6. The maximum atomic E-state index is 12.6. The molecule has 1 N–H and O–H groups in total. The summed E-state index contributed by atoms with van der Waals surface area (Å²) in [5, 5.41) is 5.59. The molecule has 1 heterocycles. The van der Waals surface area contributed by atoms with Crippen LogP contribution < -0.4 is 10.2 Å². The summed E-state index contributed by atoms with van der Waals surface area (Å²) in [4.78, 5) is 30.8. The number of para-hydroxylation sites is 1. The first kappa shape index (κ1) is 20.0. The first-order valence-corrected chi connectivity index (χ1v) is 10.8. The molecule has 3 aromatic rings. The molecule has 1 aliphatic carbocycles. The molecule has 0 saturated heterocycles. The highest BCUT2D eigenvalue weighted by atomic mass is 32.1. The Kier molecular flexibility index (Phi) is 5.77. The van der Waals surface area contributed by atoms with Crippen LogP contribution in [0.5, 0.6) is 0 Å². The average Bonchev–Trinajstić information content (AvgIpc) is 3.19. The molecule has 152 valence electrons. The van der Waals surface area contributed by atoms with E-state index in [2.05, 4.69) is 22.4 Å². The number of hydrogen-bond acceptors (Lipinski definition) is 4. The highest BCUT2D eigenvalue weighted by molar-refractivity contribution is 7.14. The summed E-state index contributed by atoms with van der Waals surface area (Å²) in [6, 6.07) is 19.5. The van der Waals surface area contributed by atoms with Crippen molar-refractivity contribution < 1.29 is 9.59 Å². The van der Waals surface area contributed by atoms with Crippen LogP contribution in [0.25, 0.3) is 6.08 Å². The van der Waals surface area contributed by atoms with Gasteiger partial charge in [0, 0.05) is 18.4 Å². The molecule has 0 spiro atoms. The van der Waals surface area contributed by atoms with Crippen LogP contribution in [0, 0.1) is 0 Å². The molecule has 2 amide bonds. The summed E-state index contributed by atoms with van der Waals surface area (Å²) >= 11 is 1.37. The van der Waals surface area contributed by atoms with Gasteiger partial charge in [0.1, 0.15) is 0 Å². The average molecular weight is 418 g/mol. The van der Waals surface area contributed by atoms with Crippen molar-refractivity contribution in [2.75, 3.05) is 4.90 Å². The minimum atomic E-state index is -0.269. The van der Waals surface area contributed by atoms with Crippen LogP contribution in [-0.4, -0.2) is 16.8 Å². The number of rotatable bonds is 6. The Bertz CT molecular complexity index is 1060. The van der Waals surface area contributed by atoms with Crippen LogP contribution in [-0.2, 0) is 15.1 Å². The number of nitrogens with zero attached hydrogens (tertiary/aromatic N) is 2. The van der Waals surface area contributed by atoms with Crippen molar-refractivity contribution in [2.45, 2.75) is 31.7 Å². The van der Waals surface area contributed by atoms with Crippen LogP contribution in [0.2, 0.25) is 0 Å². The second-order valence-electron chi connectivity index (χ2n) is 7.37. The molecule has 1 fully saturated rings. The van der Waals surface area contributed by atoms with E-state index in [9.17, 15) is 9.59 Å². The molecule has 5 nitrogen and oxygen atoms in total. The van der Waals surface area contributed by atoms with Crippen molar-refractivity contribution in [2.24, 2.45) is 0 Å². The highest BCUT2D eigenvalue weighted by Gasteiger charge is 2.39. The Hall–Kier alpha value is -3.25.